The molecule has 18 heavy (non-hydrogen) atoms. The number of para-hydroxylation sites is 1. The molecule has 0 fully saturated rings. The van der Waals surface area contributed by atoms with Gasteiger partial charge >= 0.3 is 0 Å². The molecule has 2 N–H and O–H groups in total. The molecule has 5 heteroatoms. The van der Waals surface area contributed by atoms with Crippen molar-refractivity contribution in [1.82, 2.24) is 0 Å². The largest absolute Gasteiger partial charge is 0.508 e. The molecule has 0 bridgehead atoms. The number of hydrogen-bond acceptors (Lipinski definition) is 3. The lowest BCUT2D eigenvalue weighted by atomic mass is 10.2. The highest BCUT2D eigenvalue weighted by molar-refractivity contribution is 7.92. The summed E-state index contributed by atoms with van der Waals surface area (Å²) in [4.78, 5) is 0.127. The van der Waals surface area contributed by atoms with Gasteiger partial charge in [0.15, 0.2) is 0 Å². The van der Waals surface area contributed by atoms with Crippen LogP contribution in [0.25, 0.3) is 0 Å². The van der Waals surface area contributed by atoms with Crippen molar-refractivity contribution in [2.45, 2.75) is 11.8 Å². The molecule has 94 valence electrons. The van der Waals surface area contributed by atoms with E-state index in [-0.39, 0.29) is 10.6 Å². The zero-order chi connectivity index (χ0) is 13.2. The smallest absolute Gasteiger partial charge is 0.261 e. The summed E-state index contributed by atoms with van der Waals surface area (Å²) < 4.78 is 26.6. The van der Waals surface area contributed by atoms with Crippen molar-refractivity contribution in [2.24, 2.45) is 0 Å². The van der Waals surface area contributed by atoms with E-state index in [0.29, 0.717) is 11.3 Å². The molecule has 0 amide bonds. The second kappa shape index (κ2) is 4.70. The molecular formula is C13H13NO3S. The Bertz CT molecular complexity index is 651. The summed E-state index contributed by atoms with van der Waals surface area (Å²) in [5, 5.41) is 9.38. The van der Waals surface area contributed by atoms with Gasteiger partial charge in [-0.1, -0.05) is 18.2 Å². The first-order valence-corrected chi connectivity index (χ1v) is 6.85. The Labute approximate surface area is 106 Å². The van der Waals surface area contributed by atoms with Crippen molar-refractivity contribution >= 4 is 15.7 Å². The van der Waals surface area contributed by atoms with E-state index in [1.54, 1.807) is 31.2 Å². The first-order valence-electron chi connectivity index (χ1n) is 5.36. The van der Waals surface area contributed by atoms with Crippen LogP contribution < -0.4 is 4.72 Å². The molecule has 0 aromatic heterocycles. The number of sulfonamides is 1. The number of phenolic OH excluding ortho intramolecular Hbond substituents is 1. The van der Waals surface area contributed by atoms with Crippen LogP contribution in [0, 0.1) is 6.92 Å². The fourth-order valence-corrected chi connectivity index (χ4v) is 2.66. The summed E-state index contributed by atoms with van der Waals surface area (Å²) in [6.07, 6.45) is 0. The minimum Gasteiger partial charge on any atom is -0.508 e. The van der Waals surface area contributed by atoms with Gasteiger partial charge in [-0.25, -0.2) is 8.42 Å². The number of anilines is 1. The van der Waals surface area contributed by atoms with Gasteiger partial charge in [-0.2, -0.15) is 0 Å². The molecule has 0 aliphatic rings. The van der Waals surface area contributed by atoms with Crippen molar-refractivity contribution in [2.75, 3.05) is 4.72 Å². The molecule has 2 rings (SSSR count). The lowest BCUT2D eigenvalue weighted by Gasteiger charge is -2.09. The maximum absolute atomic E-state index is 12.1. The predicted molar refractivity (Wildman–Crippen MR) is 70.1 cm³/mol. The number of aryl methyl sites for hydroxylation is 1. The van der Waals surface area contributed by atoms with E-state index in [0.717, 1.165) is 0 Å². The van der Waals surface area contributed by atoms with Crippen molar-refractivity contribution in [1.29, 1.82) is 0 Å². The van der Waals surface area contributed by atoms with Crippen LogP contribution in [-0.4, -0.2) is 13.5 Å². The van der Waals surface area contributed by atoms with Crippen molar-refractivity contribution in [3.05, 3.63) is 54.1 Å². The minimum atomic E-state index is -3.61. The Kier molecular flexibility index (Phi) is 3.25. The van der Waals surface area contributed by atoms with Crippen LogP contribution in [0.3, 0.4) is 0 Å². The van der Waals surface area contributed by atoms with Crippen LogP contribution in [0.5, 0.6) is 5.75 Å². The van der Waals surface area contributed by atoms with Gasteiger partial charge in [0, 0.05) is 5.69 Å². The topological polar surface area (TPSA) is 66.4 Å². The lowest BCUT2D eigenvalue weighted by Crippen LogP contribution is -2.12. The molecule has 4 nitrogen and oxygen atoms in total. The quantitative estimate of drug-likeness (QED) is 0.894. The van der Waals surface area contributed by atoms with Crippen LogP contribution >= 0.6 is 0 Å². The molecule has 2 aromatic carbocycles. The number of benzene rings is 2. The first-order chi connectivity index (χ1) is 8.49. The van der Waals surface area contributed by atoms with Crippen molar-refractivity contribution < 1.29 is 13.5 Å². The maximum atomic E-state index is 12.1. The number of aromatic hydroxyl groups is 1. The Morgan fingerprint density at radius 1 is 1.06 bits per heavy atom. The van der Waals surface area contributed by atoms with E-state index in [4.69, 9.17) is 0 Å². The lowest BCUT2D eigenvalue weighted by molar-refractivity contribution is 0.470. The highest BCUT2D eigenvalue weighted by Crippen LogP contribution is 2.22. The average Bonchev–Trinajstić information content (AvgIpc) is 2.33. The van der Waals surface area contributed by atoms with Gasteiger partial charge in [0.1, 0.15) is 5.75 Å². The zero-order valence-electron chi connectivity index (χ0n) is 9.79. The fraction of sp³-hybridized carbons (Fsp3) is 0.0769. The summed E-state index contributed by atoms with van der Waals surface area (Å²) >= 11 is 0. The van der Waals surface area contributed by atoms with Crippen LogP contribution in [0.1, 0.15) is 5.56 Å². The number of nitrogens with one attached hydrogen (secondary N) is 1. The highest BCUT2D eigenvalue weighted by Gasteiger charge is 2.14. The molecule has 0 aliphatic heterocycles. The Morgan fingerprint density at radius 2 is 1.72 bits per heavy atom. The molecule has 2 aromatic rings. The summed E-state index contributed by atoms with van der Waals surface area (Å²) in [5.74, 6) is 0.0775. The van der Waals surface area contributed by atoms with E-state index >= 15 is 0 Å². The van der Waals surface area contributed by atoms with E-state index in [1.165, 1.54) is 18.2 Å². The molecule has 0 spiro atoms. The van der Waals surface area contributed by atoms with Crippen LogP contribution in [0.2, 0.25) is 0 Å². The third kappa shape index (κ3) is 2.62. The van der Waals surface area contributed by atoms with E-state index in [2.05, 4.69) is 4.72 Å². The normalized spacial score (nSPS) is 11.2. The van der Waals surface area contributed by atoms with E-state index in [1.807, 2.05) is 6.07 Å². The van der Waals surface area contributed by atoms with Crippen LogP contribution in [0.4, 0.5) is 5.69 Å². The van der Waals surface area contributed by atoms with Crippen LogP contribution in [-0.2, 0) is 10.0 Å². The van der Waals surface area contributed by atoms with Gasteiger partial charge in [0.25, 0.3) is 10.0 Å². The second-order valence-electron chi connectivity index (χ2n) is 3.92. The molecule has 0 saturated heterocycles. The van der Waals surface area contributed by atoms with Gasteiger partial charge < -0.3 is 5.11 Å². The monoisotopic (exact) mass is 263 g/mol. The van der Waals surface area contributed by atoms with E-state index in [9.17, 15) is 13.5 Å². The van der Waals surface area contributed by atoms with Gasteiger partial charge in [-0.15, -0.1) is 0 Å². The third-order valence-corrected chi connectivity index (χ3v) is 3.88. The number of hydrogen-bond donors (Lipinski definition) is 2. The third-order valence-electron chi connectivity index (χ3n) is 2.50. The molecule has 0 radical (unpaired) electrons. The summed E-state index contributed by atoms with van der Waals surface area (Å²) in [7, 11) is -3.61. The summed E-state index contributed by atoms with van der Waals surface area (Å²) in [6.45, 7) is 1.65. The summed E-state index contributed by atoms with van der Waals surface area (Å²) in [6, 6.07) is 12.8. The van der Waals surface area contributed by atoms with Gasteiger partial charge in [-0.3, -0.25) is 4.72 Å². The molecular weight excluding hydrogens is 250 g/mol. The predicted octanol–water partition coefficient (Wildman–Crippen LogP) is 2.50. The molecule has 0 atom stereocenters. The standard InChI is InChI=1S/C13H13NO3S/c1-10-9-12(7-8-13(10)15)18(16,17)14-11-5-3-2-4-6-11/h2-9,14-15H,1H3. The van der Waals surface area contributed by atoms with Crippen molar-refractivity contribution in [3.63, 3.8) is 0 Å². The second-order valence-corrected chi connectivity index (χ2v) is 5.60. The average molecular weight is 263 g/mol. The van der Waals surface area contributed by atoms with E-state index < -0.39 is 10.0 Å². The highest BCUT2D eigenvalue weighted by atomic mass is 32.2. The molecule has 0 unspecified atom stereocenters. The SMILES string of the molecule is Cc1cc(S(=O)(=O)Nc2ccccc2)ccc1O. The minimum absolute atomic E-state index is 0.0775. The fourth-order valence-electron chi connectivity index (χ4n) is 1.52. The maximum Gasteiger partial charge on any atom is 0.261 e. The number of phenols is 1. The zero-order valence-corrected chi connectivity index (χ0v) is 10.6. The van der Waals surface area contributed by atoms with Crippen molar-refractivity contribution in [3.8, 4) is 5.75 Å². The summed E-state index contributed by atoms with van der Waals surface area (Å²) in [5.41, 5.74) is 1.02. The Morgan fingerprint density at radius 3 is 2.33 bits per heavy atom. The van der Waals surface area contributed by atoms with Gasteiger partial charge in [0.05, 0.1) is 4.90 Å². The first kappa shape index (κ1) is 12.4. The number of rotatable bonds is 3. The molecule has 0 aliphatic carbocycles. The molecule has 0 heterocycles. The molecule has 0 saturated carbocycles. The Hall–Kier alpha value is -2.01. The van der Waals surface area contributed by atoms with Gasteiger partial charge in [0.2, 0.25) is 0 Å². The van der Waals surface area contributed by atoms with Gasteiger partial charge in [-0.05, 0) is 42.8 Å². The Balaban J connectivity index is 2.34. The van der Waals surface area contributed by atoms with Crippen LogP contribution in [0.15, 0.2) is 53.4 Å².